The van der Waals surface area contributed by atoms with E-state index < -0.39 is 24.4 Å². The third kappa shape index (κ3) is 5.61. The Kier molecular flexibility index (Phi) is 6.71. The van der Waals surface area contributed by atoms with Crippen LogP contribution in [-0.2, 0) is 6.54 Å². The van der Waals surface area contributed by atoms with E-state index in [1.54, 1.807) is 18.2 Å². The van der Waals surface area contributed by atoms with Crippen LogP contribution in [0.1, 0.15) is 15.9 Å². The number of carbonyl (C=O) groups excluding carboxylic acids is 2. The van der Waals surface area contributed by atoms with Crippen LogP contribution in [0.25, 0.3) is 11.0 Å². The van der Waals surface area contributed by atoms with Crippen molar-refractivity contribution in [2.45, 2.75) is 13.2 Å². The molecule has 0 spiro atoms. The molecule has 0 unspecified atom stereocenters. The monoisotopic (exact) mass is 485 g/mol. The molecule has 1 aromatic heterocycles. The topological polar surface area (TPSA) is 132 Å². The fourth-order valence-corrected chi connectivity index (χ4v) is 3.26. The molecule has 0 aliphatic carbocycles. The molecule has 0 bridgehead atoms. The van der Waals surface area contributed by atoms with Gasteiger partial charge in [0.1, 0.15) is 11.6 Å². The number of hydrogen-bond acceptors (Lipinski definition) is 6. The second kappa shape index (κ2) is 10.0. The Bertz CT molecular complexity index is 1380. The quantitative estimate of drug-likeness (QED) is 0.299. The summed E-state index contributed by atoms with van der Waals surface area (Å²) in [4.78, 5) is 24.9. The molecule has 35 heavy (non-hydrogen) atoms. The maximum Gasteiger partial charge on any atom is 0.387 e. The lowest BCUT2D eigenvalue weighted by atomic mass is 10.1. The molecule has 180 valence electrons. The van der Waals surface area contributed by atoms with Gasteiger partial charge in [0.2, 0.25) is 0 Å². The summed E-state index contributed by atoms with van der Waals surface area (Å²) < 4.78 is 48.0. The van der Waals surface area contributed by atoms with Crippen molar-refractivity contribution >= 4 is 40.1 Å². The highest BCUT2D eigenvalue weighted by Crippen LogP contribution is 2.25. The average molecular weight is 485 g/mol. The molecule has 0 aliphatic rings. The van der Waals surface area contributed by atoms with Crippen molar-refractivity contribution in [1.29, 1.82) is 0 Å². The molecule has 4 aromatic rings. The Hall–Kier alpha value is -4.74. The molecular weight excluding hydrogens is 467 g/mol. The van der Waals surface area contributed by atoms with E-state index in [0.29, 0.717) is 16.7 Å². The Balaban J connectivity index is 1.39. The summed E-state index contributed by atoms with van der Waals surface area (Å²) in [5.74, 6) is -1.10. The molecule has 0 aliphatic heterocycles. The average Bonchev–Trinajstić information content (AvgIpc) is 3.21. The Morgan fingerprint density at radius 2 is 1.77 bits per heavy atom. The zero-order chi connectivity index (χ0) is 24.9. The van der Waals surface area contributed by atoms with Crippen molar-refractivity contribution in [2.75, 3.05) is 16.4 Å². The van der Waals surface area contributed by atoms with Crippen molar-refractivity contribution in [3.63, 3.8) is 0 Å². The SMILES string of the molecule is Nc1noc2cccc(C(=O)Nc3ccc(F)c(CNC(=O)Nc4ccc(OC(F)F)cc4)c3)c12. The summed E-state index contributed by atoms with van der Waals surface area (Å²) in [7, 11) is 0. The smallest absolute Gasteiger partial charge is 0.387 e. The van der Waals surface area contributed by atoms with Gasteiger partial charge in [0.25, 0.3) is 5.91 Å². The van der Waals surface area contributed by atoms with E-state index in [1.165, 1.54) is 36.4 Å². The van der Waals surface area contributed by atoms with E-state index in [-0.39, 0.29) is 34.9 Å². The minimum Gasteiger partial charge on any atom is -0.435 e. The highest BCUT2D eigenvalue weighted by molar-refractivity contribution is 6.14. The number of amides is 3. The van der Waals surface area contributed by atoms with Crippen molar-refractivity contribution < 1.29 is 32.0 Å². The lowest BCUT2D eigenvalue weighted by Gasteiger charge is -2.11. The maximum atomic E-state index is 14.3. The third-order valence-electron chi connectivity index (χ3n) is 4.85. The Labute approximate surface area is 196 Å². The maximum absolute atomic E-state index is 14.3. The molecule has 3 amide bonds. The van der Waals surface area contributed by atoms with Crippen LogP contribution < -0.4 is 26.4 Å². The van der Waals surface area contributed by atoms with Gasteiger partial charge < -0.3 is 30.9 Å². The summed E-state index contributed by atoms with van der Waals surface area (Å²) in [6.45, 7) is -3.15. The number of urea groups is 1. The number of carbonyl (C=O) groups is 2. The number of anilines is 3. The zero-order valence-corrected chi connectivity index (χ0v) is 17.8. The van der Waals surface area contributed by atoms with Crippen LogP contribution in [0.3, 0.4) is 0 Å². The van der Waals surface area contributed by atoms with Gasteiger partial charge in [0.15, 0.2) is 11.4 Å². The van der Waals surface area contributed by atoms with Gasteiger partial charge in [-0.1, -0.05) is 11.2 Å². The summed E-state index contributed by atoms with van der Waals surface area (Å²) in [6, 6.07) is 13.3. The van der Waals surface area contributed by atoms with Gasteiger partial charge in [-0.15, -0.1) is 0 Å². The highest BCUT2D eigenvalue weighted by Gasteiger charge is 2.17. The van der Waals surface area contributed by atoms with Gasteiger partial charge in [-0.25, -0.2) is 9.18 Å². The number of nitrogens with one attached hydrogen (secondary N) is 3. The van der Waals surface area contributed by atoms with E-state index >= 15 is 0 Å². The predicted molar refractivity (Wildman–Crippen MR) is 122 cm³/mol. The summed E-state index contributed by atoms with van der Waals surface area (Å²) >= 11 is 0. The molecule has 5 N–H and O–H groups in total. The largest absolute Gasteiger partial charge is 0.435 e. The molecule has 0 saturated heterocycles. The number of hydrogen-bond donors (Lipinski definition) is 4. The van der Waals surface area contributed by atoms with Crippen LogP contribution in [0, 0.1) is 5.82 Å². The number of fused-ring (bicyclic) bond motifs is 1. The molecule has 0 radical (unpaired) electrons. The molecule has 9 nitrogen and oxygen atoms in total. The number of nitrogens with zero attached hydrogens (tertiary/aromatic N) is 1. The third-order valence-corrected chi connectivity index (χ3v) is 4.85. The van der Waals surface area contributed by atoms with E-state index in [1.807, 2.05) is 0 Å². The van der Waals surface area contributed by atoms with E-state index in [2.05, 4.69) is 25.8 Å². The van der Waals surface area contributed by atoms with Gasteiger partial charge in [-0.3, -0.25) is 4.79 Å². The number of benzene rings is 3. The Morgan fingerprint density at radius 3 is 2.51 bits per heavy atom. The first-order chi connectivity index (χ1) is 16.8. The standard InChI is InChI=1S/C23H18F3N5O4/c24-17-9-6-14(29-21(32)16-2-1-3-18-19(16)20(27)31-35-18)10-12(17)11-28-23(33)30-13-4-7-15(8-5-13)34-22(25)26/h1-10,22H,11H2,(H2,27,31)(H,29,32)(H2,28,30,33). The number of ether oxygens (including phenoxy) is 1. The lowest BCUT2D eigenvalue weighted by molar-refractivity contribution is -0.0498. The number of alkyl halides is 2. The molecule has 1 heterocycles. The Morgan fingerprint density at radius 1 is 1.03 bits per heavy atom. The second-order valence-corrected chi connectivity index (χ2v) is 7.22. The summed E-state index contributed by atoms with van der Waals surface area (Å²) in [6.07, 6.45) is 0. The first-order valence-corrected chi connectivity index (χ1v) is 10.1. The number of halogens is 3. The minimum atomic E-state index is -2.96. The fraction of sp³-hybridized carbons (Fsp3) is 0.0870. The van der Waals surface area contributed by atoms with Crippen molar-refractivity contribution in [3.05, 3.63) is 77.6 Å². The molecule has 4 rings (SSSR count). The molecule has 12 heteroatoms. The van der Waals surface area contributed by atoms with Crippen molar-refractivity contribution in [3.8, 4) is 5.75 Å². The normalized spacial score (nSPS) is 10.9. The molecule has 3 aromatic carbocycles. The van der Waals surface area contributed by atoms with Crippen LogP contribution in [0.4, 0.5) is 35.2 Å². The number of nitrogens with two attached hydrogens (primary N) is 1. The van der Waals surface area contributed by atoms with Crippen LogP contribution >= 0.6 is 0 Å². The molecule has 0 saturated carbocycles. The van der Waals surface area contributed by atoms with Crippen LogP contribution in [0.2, 0.25) is 0 Å². The van der Waals surface area contributed by atoms with Crippen molar-refractivity contribution in [2.24, 2.45) is 0 Å². The van der Waals surface area contributed by atoms with Gasteiger partial charge in [-0.2, -0.15) is 8.78 Å². The molecule has 0 atom stereocenters. The van der Waals surface area contributed by atoms with Crippen LogP contribution in [0.5, 0.6) is 5.75 Å². The van der Waals surface area contributed by atoms with E-state index in [9.17, 15) is 22.8 Å². The molecular formula is C23H18F3N5O4. The summed E-state index contributed by atoms with van der Waals surface area (Å²) in [5.41, 5.74) is 7.08. The van der Waals surface area contributed by atoms with Crippen molar-refractivity contribution in [1.82, 2.24) is 10.5 Å². The number of rotatable bonds is 7. The predicted octanol–water partition coefficient (Wildman–Crippen LogP) is 4.72. The first kappa shape index (κ1) is 23.4. The summed E-state index contributed by atoms with van der Waals surface area (Å²) in [5, 5.41) is 11.6. The van der Waals surface area contributed by atoms with Gasteiger partial charge in [-0.05, 0) is 54.6 Å². The zero-order valence-electron chi connectivity index (χ0n) is 17.8. The van der Waals surface area contributed by atoms with Crippen LogP contribution in [0.15, 0.2) is 65.2 Å². The van der Waals surface area contributed by atoms with E-state index in [0.717, 1.165) is 6.07 Å². The fourth-order valence-electron chi connectivity index (χ4n) is 3.26. The number of nitrogen functional groups attached to an aromatic ring is 1. The minimum absolute atomic E-state index is 0.0603. The van der Waals surface area contributed by atoms with Crippen LogP contribution in [-0.4, -0.2) is 23.7 Å². The number of aromatic nitrogens is 1. The van der Waals surface area contributed by atoms with E-state index in [4.69, 9.17) is 10.3 Å². The second-order valence-electron chi connectivity index (χ2n) is 7.22. The lowest BCUT2D eigenvalue weighted by Crippen LogP contribution is -2.28. The van der Waals surface area contributed by atoms with Gasteiger partial charge >= 0.3 is 12.6 Å². The molecule has 0 fully saturated rings. The highest BCUT2D eigenvalue weighted by atomic mass is 19.3. The first-order valence-electron chi connectivity index (χ1n) is 10.1. The van der Waals surface area contributed by atoms with Gasteiger partial charge in [0, 0.05) is 23.5 Å². The van der Waals surface area contributed by atoms with Gasteiger partial charge in [0.05, 0.1) is 10.9 Å².